The minimum absolute atomic E-state index is 0.202. The lowest BCUT2D eigenvalue weighted by Crippen LogP contribution is -2.21. The molecule has 6 heteroatoms. The van der Waals surface area contributed by atoms with Crippen LogP contribution in [0.4, 0.5) is 0 Å². The molecule has 1 saturated heterocycles. The molecule has 2 aliphatic heterocycles. The van der Waals surface area contributed by atoms with E-state index in [9.17, 15) is 0 Å². The number of aromatic nitrogens is 2. The number of hydrogen-bond acceptors (Lipinski definition) is 6. The standard InChI is InChI=1S/C14H14N2O4/c1-2-4-11-10(3-1)18-8-12(19-11)14-16-15-13(20-14)9-5-6-17-7-9/h1-4,9,12H,5-8H2/t9-,12+/m1/s1. The maximum atomic E-state index is 5.84. The van der Waals surface area contributed by atoms with Crippen LogP contribution >= 0.6 is 0 Å². The first-order chi connectivity index (χ1) is 9.90. The molecule has 1 aromatic heterocycles. The molecule has 0 radical (unpaired) electrons. The number of hydrogen-bond donors (Lipinski definition) is 0. The summed E-state index contributed by atoms with van der Waals surface area (Å²) in [5.74, 6) is 2.73. The molecule has 1 aromatic carbocycles. The van der Waals surface area contributed by atoms with E-state index < -0.39 is 0 Å². The van der Waals surface area contributed by atoms with E-state index in [4.69, 9.17) is 18.6 Å². The zero-order valence-electron chi connectivity index (χ0n) is 10.8. The van der Waals surface area contributed by atoms with Crippen molar-refractivity contribution in [3.05, 3.63) is 36.0 Å². The van der Waals surface area contributed by atoms with E-state index in [2.05, 4.69) is 10.2 Å². The number of para-hydroxylation sites is 2. The Labute approximate surface area is 115 Å². The van der Waals surface area contributed by atoms with Crippen LogP contribution in [-0.4, -0.2) is 30.0 Å². The summed E-state index contributed by atoms with van der Waals surface area (Å²) >= 11 is 0. The Morgan fingerprint density at radius 2 is 1.85 bits per heavy atom. The topological polar surface area (TPSA) is 66.6 Å². The van der Waals surface area contributed by atoms with Gasteiger partial charge in [-0.3, -0.25) is 0 Å². The molecule has 4 rings (SSSR count). The molecule has 2 aliphatic rings. The van der Waals surface area contributed by atoms with Crippen LogP contribution in [0.5, 0.6) is 11.5 Å². The highest BCUT2D eigenvalue weighted by molar-refractivity contribution is 5.40. The van der Waals surface area contributed by atoms with E-state index >= 15 is 0 Å². The first-order valence-electron chi connectivity index (χ1n) is 6.69. The Morgan fingerprint density at radius 1 is 1.00 bits per heavy atom. The van der Waals surface area contributed by atoms with Crippen molar-refractivity contribution in [3.8, 4) is 11.5 Å². The maximum absolute atomic E-state index is 5.84. The Kier molecular flexibility index (Phi) is 2.81. The van der Waals surface area contributed by atoms with Crippen molar-refractivity contribution in [2.24, 2.45) is 0 Å². The van der Waals surface area contributed by atoms with E-state index in [1.54, 1.807) is 0 Å². The maximum Gasteiger partial charge on any atom is 0.260 e. The Bertz CT molecular complexity index is 607. The lowest BCUT2D eigenvalue weighted by atomic mass is 10.1. The molecule has 2 aromatic rings. The van der Waals surface area contributed by atoms with Gasteiger partial charge >= 0.3 is 0 Å². The first kappa shape index (κ1) is 11.7. The van der Waals surface area contributed by atoms with Gasteiger partial charge in [-0.2, -0.15) is 0 Å². The van der Waals surface area contributed by atoms with Crippen LogP contribution < -0.4 is 9.47 Å². The molecule has 0 bridgehead atoms. The van der Waals surface area contributed by atoms with Crippen LogP contribution in [0.1, 0.15) is 30.2 Å². The zero-order valence-corrected chi connectivity index (χ0v) is 10.8. The number of benzene rings is 1. The number of rotatable bonds is 2. The average molecular weight is 274 g/mol. The summed E-state index contributed by atoms with van der Waals surface area (Å²) < 4.78 is 22.5. The normalized spacial score (nSPS) is 24.8. The minimum atomic E-state index is -0.353. The molecule has 0 saturated carbocycles. The van der Waals surface area contributed by atoms with Crippen molar-refractivity contribution in [1.82, 2.24) is 10.2 Å². The first-order valence-corrected chi connectivity index (χ1v) is 6.69. The van der Waals surface area contributed by atoms with Crippen molar-refractivity contribution < 1.29 is 18.6 Å². The van der Waals surface area contributed by atoms with Crippen LogP contribution in [0.3, 0.4) is 0 Å². The van der Waals surface area contributed by atoms with Gasteiger partial charge in [-0.15, -0.1) is 10.2 Å². The van der Waals surface area contributed by atoms with Crippen LogP contribution in [0.2, 0.25) is 0 Å². The van der Waals surface area contributed by atoms with Gasteiger partial charge in [-0.1, -0.05) is 12.1 Å². The van der Waals surface area contributed by atoms with Crippen LogP contribution in [0.15, 0.2) is 28.7 Å². The summed E-state index contributed by atoms with van der Waals surface area (Å²) in [5, 5.41) is 8.18. The average Bonchev–Trinajstić information content (AvgIpc) is 3.17. The lowest BCUT2D eigenvalue weighted by Gasteiger charge is -2.23. The second-order valence-corrected chi connectivity index (χ2v) is 4.90. The van der Waals surface area contributed by atoms with Crippen molar-refractivity contribution in [2.45, 2.75) is 18.4 Å². The molecule has 6 nitrogen and oxygen atoms in total. The fraction of sp³-hybridized carbons (Fsp3) is 0.429. The van der Waals surface area contributed by atoms with Gasteiger partial charge in [0.25, 0.3) is 5.89 Å². The summed E-state index contributed by atoms with van der Waals surface area (Å²) in [6, 6.07) is 7.55. The molecule has 3 heterocycles. The molecule has 2 atom stereocenters. The second kappa shape index (κ2) is 4.79. The molecular formula is C14H14N2O4. The van der Waals surface area contributed by atoms with E-state index in [0.717, 1.165) is 18.8 Å². The number of nitrogens with zero attached hydrogens (tertiary/aromatic N) is 2. The Hall–Kier alpha value is -2.08. The monoisotopic (exact) mass is 274 g/mol. The summed E-state index contributed by atoms with van der Waals surface area (Å²) in [7, 11) is 0. The van der Waals surface area contributed by atoms with Crippen molar-refractivity contribution in [3.63, 3.8) is 0 Å². The molecule has 20 heavy (non-hydrogen) atoms. The predicted octanol–water partition coefficient (Wildman–Crippen LogP) is 2.09. The summed E-state index contributed by atoms with van der Waals surface area (Å²) in [4.78, 5) is 0. The van der Waals surface area contributed by atoms with Crippen molar-refractivity contribution >= 4 is 0 Å². The molecule has 0 unspecified atom stereocenters. The van der Waals surface area contributed by atoms with E-state index in [-0.39, 0.29) is 12.0 Å². The number of ether oxygens (including phenoxy) is 3. The Morgan fingerprint density at radius 3 is 2.70 bits per heavy atom. The zero-order chi connectivity index (χ0) is 13.4. The quantitative estimate of drug-likeness (QED) is 0.835. The van der Waals surface area contributed by atoms with Crippen molar-refractivity contribution in [2.75, 3.05) is 19.8 Å². The van der Waals surface area contributed by atoms with E-state index in [0.29, 0.717) is 30.7 Å². The van der Waals surface area contributed by atoms with Crippen LogP contribution in [0.25, 0.3) is 0 Å². The predicted molar refractivity (Wildman–Crippen MR) is 67.8 cm³/mol. The summed E-state index contributed by atoms with van der Waals surface area (Å²) in [6.07, 6.45) is 0.570. The smallest absolute Gasteiger partial charge is 0.260 e. The van der Waals surface area contributed by atoms with E-state index in [1.807, 2.05) is 24.3 Å². The van der Waals surface area contributed by atoms with Gasteiger partial charge in [0.2, 0.25) is 12.0 Å². The van der Waals surface area contributed by atoms with Gasteiger partial charge in [0.1, 0.15) is 6.61 Å². The molecule has 0 aliphatic carbocycles. The number of fused-ring (bicyclic) bond motifs is 1. The fourth-order valence-corrected chi connectivity index (χ4v) is 2.41. The minimum Gasteiger partial charge on any atom is -0.485 e. The lowest BCUT2D eigenvalue weighted by molar-refractivity contribution is 0.0699. The summed E-state index contributed by atoms with van der Waals surface area (Å²) in [6.45, 7) is 1.77. The van der Waals surface area contributed by atoms with Gasteiger partial charge in [-0.25, -0.2) is 0 Å². The van der Waals surface area contributed by atoms with Gasteiger partial charge < -0.3 is 18.6 Å². The summed E-state index contributed by atoms with van der Waals surface area (Å²) in [5.41, 5.74) is 0. The third kappa shape index (κ3) is 2.02. The largest absolute Gasteiger partial charge is 0.485 e. The highest BCUT2D eigenvalue weighted by atomic mass is 16.6. The highest BCUT2D eigenvalue weighted by Gasteiger charge is 2.30. The van der Waals surface area contributed by atoms with Crippen LogP contribution in [-0.2, 0) is 4.74 Å². The van der Waals surface area contributed by atoms with Crippen LogP contribution in [0, 0.1) is 0 Å². The van der Waals surface area contributed by atoms with Crippen molar-refractivity contribution in [1.29, 1.82) is 0 Å². The Balaban J connectivity index is 1.54. The van der Waals surface area contributed by atoms with Gasteiger partial charge in [0, 0.05) is 6.61 Å². The molecule has 104 valence electrons. The van der Waals surface area contributed by atoms with Gasteiger partial charge in [0.05, 0.1) is 12.5 Å². The molecule has 1 fully saturated rings. The molecular weight excluding hydrogens is 260 g/mol. The van der Waals surface area contributed by atoms with E-state index in [1.165, 1.54) is 0 Å². The van der Waals surface area contributed by atoms with Gasteiger partial charge in [-0.05, 0) is 18.6 Å². The fourth-order valence-electron chi connectivity index (χ4n) is 2.41. The molecule has 0 N–H and O–H groups in total. The third-order valence-electron chi connectivity index (χ3n) is 3.52. The molecule has 0 amide bonds. The van der Waals surface area contributed by atoms with Gasteiger partial charge in [0.15, 0.2) is 11.5 Å². The highest BCUT2D eigenvalue weighted by Crippen LogP contribution is 2.36. The third-order valence-corrected chi connectivity index (χ3v) is 3.52. The SMILES string of the molecule is c1ccc2c(c1)OC[C@@H](c1nnc([C@@H]3CCOC3)o1)O2. The molecule has 0 spiro atoms. The second-order valence-electron chi connectivity index (χ2n) is 4.90.